The van der Waals surface area contributed by atoms with Gasteiger partial charge in [0.05, 0.1) is 23.6 Å². The molecule has 1 saturated carbocycles. The molecular weight excluding hydrogens is 591 g/mol. The van der Waals surface area contributed by atoms with Crippen molar-refractivity contribution in [3.8, 4) is 34.0 Å². The number of nitrogens with one attached hydrogen (secondary N) is 1. The van der Waals surface area contributed by atoms with E-state index in [0.29, 0.717) is 24.2 Å². The first-order valence-corrected chi connectivity index (χ1v) is 15.8. The van der Waals surface area contributed by atoms with E-state index in [4.69, 9.17) is 14.2 Å². The second kappa shape index (κ2) is 15.2. The summed E-state index contributed by atoms with van der Waals surface area (Å²) in [4.78, 5) is 33.4. The van der Waals surface area contributed by atoms with Gasteiger partial charge in [0, 0.05) is 24.0 Å². The van der Waals surface area contributed by atoms with Gasteiger partial charge in [-0.15, -0.1) is 0 Å². The van der Waals surface area contributed by atoms with E-state index in [1.807, 2.05) is 79.7 Å². The van der Waals surface area contributed by atoms with Crippen LogP contribution in [-0.2, 0) is 19.3 Å². The van der Waals surface area contributed by atoms with Crippen LogP contribution in [0, 0.1) is 0 Å². The van der Waals surface area contributed by atoms with Gasteiger partial charge >= 0.3 is 35.3 Å². The van der Waals surface area contributed by atoms with Crippen molar-refractivity contribution in [2.24, 2.45) is 0 Å². The number of nitrogens with zero attached hydrogens (tertiary/aromatic N) is 3. The molecule has 234 valence electrons. The number of ether oxygens (including phenoxy) is 1. The molecule has 5 aromatic rings. The maximum atomic E-state index is 14.2. The normalized spacial score (nSPS) is 16.2. The third-order valence-electron chi connectivity index (χ3n) is 8.44. The summed E-state index contributed by atoms with van der Waals surface area (Å²) < 4.78 is 12.6. The van der Waals surface area contributed by atoms with Crippen LogP contribution in [-0.4, -0.2) is 66.6 Å². The number of benzene rings is 3. The zero-order valence-corrected chi connectivity index (χ0v) is 25.7. The summed E-state index contributed by atoms with van der Waals surface area (Å²) in [6.45, 7) is 4.12. The molecule has 2 N–H and O–H groups in total. The number of aromatic amines is 1. The van der Waals surface area contributed by atoms with Crippen LogP contribution in [0.3, 0.4) is 0 Å². The summed E-state index contributed by atoms with van der Waals surface area (Å²) in [7, 11) is 0. The molecule has 1 aliphatic rings. The van der Waals surface area contributed by atoms with Crippen LogP contribution in [0.5, 0.6) is 5.75 Å². The fourth-order valence-corrected chi connectivity index (χ4v) is 6.10. The maximum absolute atomic E-state index is 14.2. The second-order valence-electron chi connectivity index (χ2n) is 11.6. The van der Waals surface area contributed by atoms with E-state index in [1.165, 1.54) is 0 Å². The average molecular weight is 631 g/mol. The van der Waals surface area contributed by atoms with Crippen molar-refractivity contribution in [2.75, 3.05) is 0 Å². The van der Waals surface area contributed by atoms with E-state index in [-0.39, 0.29) is 47.3 Å². The van der Waals surface area contributed by atoms with Crippen LogP contribution in [0.4, 0.5) is 0 Å². The monoisotopic (exact) mass is 630 g/mol. The Morgan fingerprint density at radius 3 is 2.26 bits per heavy atom. The number of H-pyrrole nitrogens is 1. The Morgan fingerprint density at radius 1 is 0.935 bits per heavy atom. The molecule has 0 radical (unpaired) electrons. The van der Waals surface area contributed by atoms with Gasteiger partial charge in [-0.05, 0) is 73.1 Å². The van der Waals surface area contributed by atoms with Gasteiger partial charge in [0.2, 0.25) is 0 Å². The molecular formula is C36H39N4NaO5. The molecule has 0 amide bonds. The van der Waals surface area contributed by atoms with Crippen molar-refractivity contribution >= 4 is 29.6 Å². The molecule has 3 aromatic carbocycles. The minimum atomic E-state index is -0.600. The number of hydrogen-bond donors (Lipinski definition) is 2. The van der Waals surface area contributed by atoms with Crippen LogP contribution in [0.1, 0.15) is 68.6 Å². The van der Waals surface area contributed by atoms with Crippen molar-refractivity contribution in [3.05, 3.63) is 116 Å². The number of aryl methyl sites for hydroxylation is 2. The van der Waals surface area contributed by atoms with E-state index in [0.717, 1.165) is 83.7 Å². The number of aromatic nitrogens is 4. The molecule has 1 aliphatic carbocycles. The number of aliphatic hydroxyl groups is 1. The molecule has 10 heteroatoms. The molecule has 0 spiro atoms. The first-order valence-electron chi connectivity index (χ1n) is 15.8. The van der Waals surface area contributed by atoms with Crippen molar-refractivity contribution < 1.29 is 14.4 Å². The predicted molar refractivity (Wildman–Crippen MR) is 180 cm³/mol. The van der Waals surface area contributed by atoms with Gasteiger partial charge < -0.3 is 9.84 Å². The van der Waals surface area contributed by atoms with Gasteiger partial charge in [-0.25, -0.2) is 9.78 Å². The van der Waals surface area contributed by atoms with Crippen LogP contribution in [0.15, 0.2) is 86.9 Å². The predicted octanol–water partition coefficient (Wildman–Crippen LogP) is 5.38. The fourth-order valence-electron chi connectivity index (χ4n) is 6.10. The van der Waals surface area contributed by atoms with Crippen molar-refractivity contribution in [3.63, 3.8) is 0 Å². The molecule has 9 nitrogen and oxygen atoms in total. The molecule has 46 heavy (non-hydrogen) atoms. The molecule has 2 heterocycles. The van der Waals surface area contributed by atoms with E-state index < -0.39 is 5.76 Å². The van der Waals surface area contributed by atoms with Crippen molar-refractivity contribution in [1.29, 1.82) is 0 Å². The van der Waals surface area contributed by atoms with Gasteiger partial charge in [-0.3, -0.25) is 18.9 Å². The number of hydrogen-bond acceptors (Lipinski definition) is 7. The summed E-state index contributed by atoms with van der Waals surface area (Å²) in [6.07, 6.45) is 5.76. The van der Waals surface area contributed by atoms with Crippen molar-refractivity contribution in [2.45, 2.75) is 77.4 Å². The molecule has 1 fully saturated rings. The van der Waals surface area contributed by atoms with E-state index in [9.17, 15) is 14.7 Å². The van der Waals surface area contributed by atoms with Crippen LogP contribution < -0.4 is 16.1 Å². The quantitative estimate of drug-likeness (QED) is 0.199. The zero-order chi connectivity index (χ0) is 31.3. The number of aliphatic hydroxyl groups excluding tert-OH is 1. The standard InChI is InChI=1S/C36H38N4O5.Na.H/c1-3-7-32-31(22-23-10-12-24(13-11-23)29-8-5-6-9-30(29)34-38-36(43)45-39-34)35(42)40(33(4-2)37-32)25-14-18-27(19-15-25)44-28-20-16-26(41)17-21-28;;/h5-6,8-15,18-19,26,28,41H,3-4,7,16-17,20-22H2,1-2H3,(H,38,39,43);;/t26-,28-;;. The Bertz CT molecular complexity index is 1870. The average Bonchev–Trinajstić information content (AvgIpc) is 3.50. The Balaban J connectivity index is 0.00000417. The topological polar surface area (TPSA) is 123 Å². The van der Waals surface area contributed by atoms with Gasteiger partial charge in [-0.2, -0.15) is 0 Å². The van der Waals surface area contributed by atoms with Gasteiger partial charge in [0.1, 0.15) is 11.6 Å². The fraction of sp³-hybridized carbons (Fsp3) is 0.333. The van der Waals surface area contributed by atoms with Gasteiger partial charge in [0.15, 0.2) is 5.82 Å². The molecule has 6 rings (SSSR count). The Kier molecular flexibility index (Phi) is 11.1. The van der Waals surface area contributed by atoms with Crippen LogP contribution >= 0.6 is 0 Å². The number of rotatable bonds is 10. The van der Waals surface area contributed by atoms with Crippen LogP contribution in [0.2, 0.25) is 0 Å². The molecule has 0 bridgehead atoms. The zero-order valence-electron chi connectivity index (χ0n) is 25.7. The Morgan fingerprint density at radius 2 is 1.63 bits per heavy atom. The first kappa shape index (κ1) is 33.6. The second-order valence-corrected chi connectivity index (χ2v) is 11.6. The minimum absolute atomic E-state index is 0. The molecule has 0 unspecified atom stereocenters. The van der Waals surface area contributed by atoms with Gasteiger partial charge in [-0.1, -0.05) is 74.0 Å². The summed E-state index contributed by atoms with van der Waals surface area (Å²) in [5.41, 5.74) is 5.88. The molecule has 0 atom stereocenters. The molecule has 0 saturated heterocycles. The SMILES string of the molecule is CCCc1nc(CC)n(-c2ccc(O[C@H]3CC[C@H](O)CC3)cc2)c(=O)c1Cc1ccc(-c2ccccc2-c2noc(=O)[nH]2)cc1.[NaH]. The van der Waals surface area contributed by atoms with Crippen molar-refractivity contribution in [1.82, 2.24) is 19.7 Å². The first-order chi connectivity index (χ1) is 21.9. The summed E-state index contributed by atoms with van der Waals surface area (Å²) in [6, 6.07) is 23.4. The molecule has 0 aliphatic heterocycles. The summed E-state index contributed by atoms with van der Waals surface area (Å²) in [5.74, 6) is 1.27. The Labute approximate surface area is 290 Å². The third kappa shape index (κ3) is 7.44. The van der Waals surface area contributed by atoms with Crippen LogP contribution in [0.25, 0.3) is 28.2 Å². The molecule has 2 aromatic heterocycles. The van der Waals surface area contributed by atoms with Gasteiger partial charge in [0.25, 0.3) is 5.56 Å². The van der Waals surface area contributed by atoms with E-state index in [1.54, 1.807) is 4.57 Å². The third-order valence-corrected chi connectivity index (χ3v) is 8.44. The summed E-state index contributed by atoms with van der Waals surface area (Å²) in [5, 5.41) is 13.7. The van der Waals surface area contributed by atoms with E-state index in [2.05, 4.69) is 17.1 Å². The summed E-state index contributed by atoms with van der Waals surface area (Å²) >= 11 is 0. The van der Waals surface area contributed by atoms with E-state index >= 15 is 0 Å². The Hall–Kier alpha value is -3.76.